The first-order valence-electron chi connectivity index (χ1n) is 14.5. The number of furan rings is 2. The van der Waals surface area contributed by atoms with E-state index in [1.54, 1.807) is 0 Å². The van der Waals surface area contributed by atoms with E-state index >= 15 is 0 Å². The first-order valence-corrected chi connectivity index (χ1v) is 14.5. The van der Waals surface area contributed by atoms with Crippen molar-refractivity contribution >= 4 is 54.3 Å². The molecule has 0 saturated carbocycles. The van der Waals surface area contributed by atoms with Gasteiger partial charge in [0.05, 0.1) is 0 Å². The average molecular weight is 535 g/mol. The van der Waals surface area contributed by atoms with Gasteiger partial charge in [0.25, 0.3) is 0 Å². The van der Waals surface area contributed by atoms with Gasteiger partial charge in [0.1, 0.15) is 11.2 Å². The molecule has 2 bridgehead atoms. The molecule has 9 aromatic rings. The van der Waals surface area contributed by atoms with E-state index in [0.29, 0.717) is 0 Å². The zero-order valence-corrected chi connectivity index (χ0v) is 23.2. The van der Waals surface area contributed by atoms with E-state index in [9.17, 15) is 0 Å². The second-order valence-electron chi connectivity index (χ2n) is 11.3. The summed E-state index contributed by atoms with van der Waals surface area (Å²) in [6, 6.07) is 50.8. The van der Waals surface area contributed by atoms with Gasteiger partial charge in [-0.1, -0.05) is 121 Å². The van der Waals surface area contributed by atoms with Gasteiger partial charge in [0.2, 0.25) is 0 Å². The van der Waals surface area contributed by atoms with Crippen LogP contribution in [-0.4, -0.2) is 0 Å². The Kier molecular flexibility index (Phi) is 4.88. The molecule has 0 spiro atoms. The molecule has 0 unspecified atom stereocenters. The van der Waals surface area contributed by atoms with Crippen molar-refractivity contribution in [2.75, 3.05) is 0 Å². The van der Waals surface area contributed by atoms with Crippen molar-refractivity contribution in [1.82, 2.24) is 0 Å². The molecule has 0 aliphatic heterocycles. The summed E-state index contributed by atoms with van der Waals surface area (Å²) in [7, 11) is 0. The highest BCUT2D eigenvalue weighted by atomic mass is 16.3. The fourth-order valence-corrected chi connectivity index (χ4v) is 7.09. The van der Waals surface area contributed by atoms with Gasteiger partial charge in [-0.25, -0.2) is 0 Å². The van der Waals surface area contributed by atoms with Gasteiger partial charge in [-0.3, -0.25) is 0 Å². The summed E-state index contributed by atoms with van der Waals surface area (Å²) in [5, 5.41) is 9.97. The Balaban J connectivity index is 1.49. The van der Waals surface area contributed by atoms with E-state index in [1.807, 2.05) is 0 Å². The number of hydrogen-bond donors (Lipinski definition) is 0. The second-order valence-corrected chi connectivity index (χ2v) is 11.3. The van der Waals surface area contributed by atoms with Crippen LogP contribution in [-0.2, 0) is 0 Å². The van der Waals surface area contributed by atoms with Gasteiger partial charge in [-0.2, -0.15) is 0 Å². The lowest BCUT2D eigenvalue weighted by atomic mass is 9.82. The summed E-state index contributed by atoms with van der Waals surface area (Å²) < 4.78 is 6.20. The lowest BCUT2D eigenvalue weighted by molar-refractivity contribution is 0.679. The van der Waals surface area contributed by atoms with Crippen molar-refractivity contribution in [2.24, 2.45) is 0 Å². The molecule has 0 N–H and O–H groups in total. The fraction of sp³-hybridized carbons (Fsp3) is 0.0244. The van der Waals surface area contributed by atoms with Crippen LogP contribution in [0, 0.1) is 6.92 Å². The third kappa shape index (κ3) is 3.25. The average Bonchev–Trinajstić information content (AvgIpc) is 3.68. The van der Waals surface area contributed by atoms with Gasteiger partial charge in [-0.05, 0) is 96.4 Å². The quantitative estimate of drug-likeness (QED) is 0.205. The van der Waals surface area contributed by atoms with Gasteiger partial charge in [0, 0.05) is 10.8 Å². The highest BCUT2D eigenvalue weighted by Crippen LogP contribution is 2.49. The molecule has 42 heavy (non-hydrogen) atoms. The molecule has 9 rings (SSSR count). The molecule has 0 amide bonds. The Morgan fingerprint density at radius 1 is 0.381 bits per heavy atom. The van der Waals surface area contributed by atoms with Gasteiger partial charge < -0.3 is 4.42 Å². The van der Waals surface area contributed by atoms with Crippen molar-refractivity contribution in [2.45, 2.75) is 6.92 Å². The van der Waals surface area contributed by atoms with Crippen LogP contribution in [0.15, 0.2) is 144 Å². The number of aryl methyl sites for hydroxylation is 1. The lowest BCUT2D eigenvalue weighted by Gasteiger charge is -2.20. The molecular weight excluding hydrogens is 508 g/mol. The lowest BCUT2D eigenvalue weighted by Crippen LogP contribution is -1.93. The molecule has 2 heterocycles. The van der Waals surface area contributed by atoms with Gasteiger partial charge in [0.15, 0.2) is 0 Å². The topological polar surface area (TPSA) is 13.1 Å². The molecule has 0 aliphatic carbocycles. The Bertz CT molecular complexity index is 2460. The van der Waals surface area contributed by atoms with Crippen LogP contribution in [0.1, 0.15) is 5.56 Å². The molecule has 2 aromatic heterocycles. The van der Waals surface area contributed by atoms with Crippen molar-refractivity contribution in [3.05, 3.63) is 145 Å². The highest BCUT2D eigenvalue weighted by molar-refractivity contribution is 6.27. The molecule has 0 radical (unpaired) electrons. The third-order valence-corrected chi connectivity index (χ3v) is 8.99. The van der Waals surface area contributed by atoms with Crippen LogP contribution in [0.3, 0.4) is 0 Å². The summed E-state index contributed by atoms with van der Waals surface area (Å²) in [6.07, 6.45) is 0. The fourth-order valence-electron chi connectivity index (χ4n) is 7.09. The number of rotatable bonds is 3. The minimum atomic E-state index is 0.945. The summed E-state index contributed by atoms with van der Waals surface area (Å²) in [6.45, 7) is 2.20. The molecule has 1 nitrogen and oxygen atoms in total. The van der Waals surface area contributed by atoms with Gasteiger partial charge >= 0.3 is 0 Å². The summed E-state index contributed by atoms with van der Waals surface area (Å²) in [5.74, 6) is 0. The van der Waals surface area contributed by atoms with E-state index < -0.39 is 0 Å². The zero-order valence-electron chi connectivity index (χ0n) is 23.2. The van der Waals surface area contributed by atoms with Crippen LogP contribution in [0.5, 0.6) is 0 Å². The standard InChI is InChI=1S/C41H26O/c1-25-18-20-32(29-13-6-5-12-28(25)29)39-30-14-7-8-15-31(30)40(35-17-9-16-34-37-22-23-38(42-37)41(34)35)36-24-27(19-21-33(36)39)26-10-3-2-4-11-26/h2-24H,1H3. The van der Waals surface area contributed by atoms with Crippen molar-refractivity contribution in [1.29, 1.82) is 0 Å². The maximum atomic E-state index is 6.20. The van der Waals surface area contributed by atoms with Crippen molar-refractivity contribution < 1.29 is 4.42 Å². The Morgan fingerprint density at radius 2 is 1.02 bits per heavy atom. The number of fused-ring (bicyclic) bond motifs is 8. The Labute approximate surface area is 243 Å². The maximum Gasteiger partial charge on any atom is 0.136 e. The van der Waals surface area contributed by atoms with Crippen LogP contribution in [0.4, 0.5) is 0 Å². The number of hydrogen-bond acceptors (Lipinski definition) is 1. The van der Waals surface area contributed by atoms with E-state index in [-0.39, 0.29) is 0 Å². The van der Waals surface area contributed by atoms with Crippen molar-refractivity contribution in [3.8, 4) is 33.4 Å². The molecule has 0 aliphatic rings. The van der Waals surface area contributed by atoms with Crippen LogP contribution < -0.4 is 0 Å². The molecule has 1 heteroatoms. The highest BCUT2D eigenvalue weighted by Gasteiger charge is 2.22. The summed E-state index contributed by atoms with van der Waals surface area (Å²) in [5.41, 5.74) is 10.6. The van der Waals surface area contributed by atoms with E-state index in [4.69, 9.17) is 4.42 Å². The predicted octanol–water partition coefficient (Wildman–Crippen LogP) is 11.8. The third-order valence-electron chi connectivity index (χ3n) is 8.99. The zero-order chi connectivity index (χ0) is 27.8. The smallest absolute Gasteiger partial charge is 0.136 e. The molecule has 0 saturated heterocycles. The van der Waals surface area contributed by atoms with E-state index in [0.717, 1.165) is 11.2 Å². The first-order chi connectivity index (χ1) is 20.8. The van der Waals surface area contributed by atoms with Crippen LogP contribution in [0.25, 0.3) is 87.6 Å². The minimum Gasteiger partial charge on any atom is -0.456 e. The molecular formula is C41H26O. The maximum absolute atomic E-state index is 6.20. The summed E-state index contributed by atoms with van der Waals surface area (Å²) in [4.78, 5) is 0. The minimum absolute atomic E-state index is 0.945. The molecule has 196 valence electrons. The summed E-state index contributed by atoms with van der Waals surface area (Å²) >= 11 is 0. The van der Waals surface area contributed by atoms with E-state index in [2.05, 4.69) is 146 Å². The van der Waals surface area contributed by atoms with Gasteiger partial charge in [-0.15, -0.1) is 0 Å². The van der Waals surface area contributed by atoms with Crippen LogP contribution >= 0.6 is 0 Å². The normalized spacial score (nSPS) is 11.9. The molecule has 0 atom stereocenters. The number of benzene rings is 8. The largest absolute Gasteiger partial charge is 0.456 e. The first kappa shape index (κ1) is 23.3. The SMILES string of the molecule is Cc1ccc(-c2c3ccccc3c(-c3cccc4c5ccc(o5)c34)c3cc(-c4ccccc4)ccc23)c2ccccc12. The van der Waals surface area contributed by atoms with E-state index in [1.165, 1.54) is 82.0 Å². The Morgan fingerprint density at radius 3 is 1.83 bits per heavy atom. The van der Waals surface area contributed by atoms with Crippen LogP contribution in [0.2, 0.25) is 0 Å². The van der Waals surface area contributed by atoms with Crippen molar-refractivity contribution in [3.63, 3.8) is 0 Å². The Hall–Kier alpha value is -5.40. The second kappa shape index (κ2) is 8.80. The molecule has 7 aromatic carbocycles. The monoisotopic (exact) mass is 534 g/mol. The predicted molar refractivity (Wildman–Crippen MR) is 178 cm³/mol. The molecule has 0 fully saturated rings.